The van der Waals surface area contributed by atoms with Gasteiger partial charge in [0.15, 0.2) is 11.0 Å². The van der Waals surface area contributed by atoms with Crippen molar-refractivity contribution in [2.45, 2.75) is 19.8 Å². The minimum atomic E-state index is -1.04. The molecule has 2 heterocycles. The first-order chi connectivity index (χ1) is 12.0. The lowest BCUT2D eigenvalue weighted by molar-refractivity contribution is -0.127. The number of ether oxygens (including phenoxy) is 1. The highest BCUT2D eigenvalue weighted by molar-refractivity contribution is 6.32. The molecule has 0 unspecified atom stereocenters. The molecule has 1 saturated heterocycles. The number of carboxylic acids is 1. The van der Waals surface area contributed by atoms with E-state index in [-0.39, 0.29) is 28.4 Å². The smallest absolute Gasteiger partial charge is 0.336 e. The lowest BCUT2D eigenvalue weighted by Gasteiger charge is -2.21. The van der Waals surface area contributed by atoms with Crippen molar-refractivity contribution >= 4 is 40.3 Å². The van der Waals surface area contributed by atoms with Crippen molar-refractivity contribution < 1.29 is 19.4 Å². The summed E-state index contributed by atoms with van der Waals surface area (Å²) in [6, 6.07) is 3.05. The van der Waals surface area contributed by atoms with Crippen LogP contribution in [-0.2, 0) is 9.53 Å². The summed E-state index contributed by atoms with van der Waals surface area (Å²) in [4.78, 5) is 31.8. The third kappa shape index (κ3) is 3.80. The van der Waals surface area contributed by atoms with E-state index in [2.05, 4.69) is 20.8 Å². The SMILES string of the molecule is Cc1cc2nc(NNC(=O)C3CCOCC3)c(Cl)nc2cc1C(=O)O. The zero-order valence-electron chi connectivity index (χ0n) is 13.5. The molecule has 0 bridgehead atoms. The molecule has 3 rings (SSSR count). The molecular formula is C16H17ClN4O4. The number of halogens is 1. The molecule has 1 aliphatic rings. The Hall–Kier alpha value is -2.45. The number of hydrogen-bond acceptors (Lipinski definition) is 6. The molecule has 25 heavy (non-hydrogen) atoms. The first-order valence-electron chi connectivity index (χ1n) is 7.80. The monoisotopic (exact) mass is 364 g/mol. The number of carboxylic acid groups (broad SMARTS) is 1. The predicted molar refractivity (Wildman–Crippen MR) is 91.6 cm³/mol. The molecule has 0 saturated carbocycles. The normalized spacial score (nSPS) is 15.1. The Balaban J connectivity index is 1.79. The van der Waals surface area contributed by atoms with Crippen LogP contribution in [0.1, 0.15) is 28.8 Å². The number of fused-ring (bicyclic) bond motifs is 1. The Morgan fingerprint density at radius 2 is 1.92 bits per heavy atom. The number of nitrogens with zero attached hydrogens (tertiary/aromatic N) is 2. The Kier molecular flexibility index (Phi) is 5.00. The average molecular weight is 365 g/mol. The maximum absolute atomic E-state index is 12.1. The topological polar surface area (TPSA) is 113 Å². The summed E-state index contributed by atoms with van der Waals surface area (Å²) >= 11 is 6.09. The molecule has 1 aromatic carbocycles. The molecule has 2 aromatic rings. The van der Waals surface area contributed by atoms with Gasteiger partial charge in [-0.1, -0.05) is 11.6 Å². The molecular weight excluding hydrogens is 348 g/mol. The van der Waals surface area contributed by atoms with Gasteiger partial charge in [-0.3, -0.25) is 15.6 Å². The van der Waals surface area contributed by atoms with E-state index in [1.807, 2.05) is 0 Å². The summed E-state index contributed by atoms with van der Waals surface area (Å²) in [6.45, 7) is 2.82. The molecule has 0 spiro atoms. The molecule has 132 valence electrons. The third-order valence-electron chi connectivity index (χ3n) is 4.09. The Labute approximate surface area is 148 Å². The molecule has 1 amide bonds. The van der Waals surface area contributed by atoms with Crippen LogP contribution in [0.2, 0.25) is 5.15 Å². The largest absolute Gasteiger partial charge is 0.478 e. The third-order valence-corrected chi connectivity index (χ3v) is 4.36. The van der Waals surface area contributed by atoms with Crippen molar-refractivity contribution in [2.75, 3.05) is 18.6 Å². The zero-order chi connectivity index (χ0) is 18.0. The number of amides is 1. The molecule has 3 N–H and O–H groups in total. The number of aromatic nitrogens is 2. The molecule has 9 heteroatoms. The van der Waals surface area contributed by atoms with E-state index < -0.39 is 5.97 Å². The van der Waals surface area contributed by atoms with Crippen LogP contribution in [0.4, 0.5) is 5.82 Å². The van der Waals surface area contributed by atoms with Crippen molar-refractivity contribution in [3.8, 4) is 0 Å². The van der Waals surface area contributed by atoms with Gasteiger partial charge in [0.1, 0.15) is 0 Å². The van der Waals surface area contributed by atoms with Gasteiger partial charge in [-0.15, -0.1) is 0 Å². The van der Waals surface area contributed by atoms with Crippen LogP contribution >= 0.6 is 11.6 Å². The quantitative estimate of drug-likeness (QED) is 0.712. The summed E-state index contributed by atoms with van der Waals surface area (Å²) in [7, 11) is 0. The van der Waals surface area contributed by atoms with E-state index in [4.69, 9.17) is 21.4 Å². The van der Waals surface area contributed by atoms with Gasteiger partial charge in [0, 0.05) is 19.1 Å². The fourth-order valence-electron chi connectivity index (χ4n) is 2.68. The maximum Gasteiger partial charge on any atom is 0.336 e. The van der Waals surface area contributed by atoms with E-state index in [1.165, 1.54) is 6.07 Å². The molecule has 0 aliphatic carbocycles. The van der Waals surface area contributed by atoms with Crippen molar-refractivity contribution in [1.29, 1.82) is 0 Å². The molecule has 0 radical (unpaired) electrons. The van der Waals surface area contributed by atoms with Gasteiger partial charge in [0.25, 0.3) is 0 Å². The van der Waals surface area contributed by atoms with Gasteiger partial charge in [0.05, 0.1) is 16.6 Å². The van der Waals surface area contributed by atoms with Gasteiger partial charge in [-0.2, -0.15) is 0 Å². The zero-order valence-corrected chi connectivity index (χ0v) is 14.3. The highest BCUT2D eigenvalue weighted by atomic mass is 35.5. The van der Waals surface area contributed by atoms with E-state index in [0.717, 1.165) is 0 Å². The van der Waals surface area contributed by atoms with Gasteiger partial charge < -0.3 is 9.84 Å². The highest BCUT2D eigenvalue weighted by Crippen LogP contribution is 2.24. The van der Waals surface area contributed by atoms with Crippen LogP contribution in [0, 0.1) is 12.8 Å². The number of hydrazine groups is 1. The lowest BCUT2D eigenvalue weighted by Crippen LogP contribution is -2.37. The fourth-order valence-corrected chi connectivity index (χ4v) is 2.86. The number of rotatable bonds is 4. The number of anilines is 1. The fraction of sp³-hybridized carbons (Fsp3) is 0.375. The summed E-state index contributed by atoms with van der Waals surface area (Å²) < 4.78 is 5.23. The number of aromatic carboxylic acids is 1. The van der Waals surface area contributed by atoms with E-state index >= 15 is 0 Å². The summed E-state index contributed by atoms with van der Waals surface area (Å²) in [6.07, 6.45) is 1.34. The number of nitrogens with one attached hydrogen (secondary N) is 2. The second-order valence-corrected chi connectivity index (χ2v) is 6.18. The molecule has 1 aliphatic heterocycles. The molecule has 1 aromatic heterocycles. The number of carbonyl (C=O) groups excluding carboxylic acids is 1. The predicted octanol–water partition coefficient (Wildman–Crippen LogP) is 2.16. The van der Waals surface area contributed by atoms with Gasteiger partial charge >= 0.3 is 5.97 Å². The van der Waals surface area contributed by atoms with Crippen molar-refractivity contribution in [3.63, 3.8) is 0 Å². The van der Waals surface area contributed by atoms with Crippen molar-refractivity contribution in [3.05, 3.63) is 28.4 Å². The summed E-state index contributed by atoms with van der Waals surface area (Å²) in [5, 5.41) is 9.21. The lowest BCUT2D eigenvalue weighted by atomic mass is 10.00. The first kappa shape index (κ1) is 17.4. The summed E-state index contributed by atoms with van der Waals surface area (Å²) in [5.74, 6) is -1.10. The van der Waals surface area contributed by atoms with Gasteiger partial charge in [-0.25, -0.2) is 14.8 Å². The highest BCUT2D eigenvalue weighted by Gasteiger charge is 2.22. The number of carbonyl (C=O) groups is 2. The van der Waals surface area contributed by atoms with E-state index in [0.29, 0.717) is 42.7 Å². The van der Waals surface area contributed by atoms with Crippen LogP contribution in [0.5, 0.6) is 0 Å². The van der Waals surface area contributed by atoms with E-state index in [9.17, 15) is 9.59 Å². The maximum atomic E-state index is 12.1. The van der Waals surface area contributed by atoms with Gasteiger partial charge in [-0.05, 0) is 37.5 Å². The number of benzene rings is 1. The Morgan fingerprint density at radius 1 is 1.24 bits per heavy atom. The van der Waals surface area contributed by atoms with Crippen LogP contribution in [0.3, 0.4) is 0 Å². The second kappa shape index (κ2) is 7.20. The number of hydrogen-bond donors (Lipinski definition) is 3. The van der Waals surface area contributed by atoms with Crippen LogP contribution < -0.4 is 10.9 Å². The minimum absolute atomic E-state index is 0.0416. The van der Waals surface area contributed by atoms with Crippen LogP contribution in [0.15, 0.2) is 12.1 Å². The average Bonchev–Trinajstić information content (AvgIpc) is 2.60. The van der Waals surface area contributed by atoms with E-state index in [1.54, 1.807) is 13.0 Å². The molecule has 8 nitrogen and oxygen atoms in total. The van der Waals surface area contributed by atoms with Crippen molar-refractivity contribution in [1.82, 2.24) is 15.4 Å². The molecule has 0 atom stereocenters. The Morgan fingerprint density at radius 3 is 2.60 bits per heavy atom. The number of aryl methyl sites for hydroxylation is 1. The summed E-state index contributed by atoms with van der Waals surface area (Å²) in [5.41, 5.74) is 6.85. The minimum Gasteiger partial charge on any atom is -0.478 e. The standard InChI is InChI=1S/C16H17ClN4O4/c1-8-6-11-12(7-10(8)16(23)24)18-13(17)14(19-11)20-21-15(22)9-2-4-25-5-3-9/h6-7,9H,2-5H2,1H3,(H,19,20)(H,21,22)(H,23,24). The molecule has 1 fully saturated rings. The Bertz CT molecular complexity index is 836. The van der Waals surface area contributed by atoms with Gasteiger partial charge in [0.2, 0.25) is 5.91 Å². The van der Waals surface area contributed by atoms with Crippen LogP contribution in [0.25, 0.3) is 11.0 Å². The second-order valence-electron chi connectivity index (χ2n) is 5.82. The van der Waals surface area contributed by atoms with Crippen LogP contribution in [-0.4, -0.2) is 40.2 Å². The first-order valence-corrected chi connectivity index (χ1v) is 8.18. The van der Waals surface area contributed by atoms with Crippen molar-refractivity contribution in [2.24, 2.45) is 5.92 Å².